The molecule has 3 nitrogen and oxygen atoms in total. The van der Waals surface area contributed by atoms with E-state index in [1.807, 2.05) is 12.3 Å². The first-order valence-corrected chi connectivity index (χ1v) is 6.76. The van der Waals surface area contributed by atoms with Crippen LogP contribution in [0.25, 0.3) is 0 Å². The molecule has 0 radical (unpaired) electrons. The van der Waals surface area contributed by atoms with Gasteiger partial charge in [-0.25, -0.2) is 4.98 Å². The first-order valence-electron chi connectivity index (χ1n) is 6.76. The maximum Gasteiger partial charge on any atom is 0.129 e. The van der Waals surface area contributed by atoms with Gasteiger partial charge in [0, 0.05) is 25.3 Å². The molecule has 1 aliphatic rings. The lowest BCUT2D eigenvalue weighted by Crippen LogP contribution is -2.40. The van der Waals surface area contributed by atoms with Gasteiger partial charge in [0.15, 0.2) is 0 Å². The third-order valence-corrected chi connectivity index (χ3v) is 3.59. The number of hydrogen-bond donors (Lipinski definition) is 1. The van der Waals surface area contributed by atoms with Crippen molar-refractivity contribution in [2.45, 2.75) is 51.6 Å². The number of nitrogens with two attached hydrogens (primary N) is 1. The Bertz CT molecular complexity index is 349. The van der Waals surface area contributed by atoms with Crippen LogP contribution in [0.3, 0.4) is 0 Å². The lowest BCUT2D eigenvalue weighted by molar-refractivity contribution is 0.432. The SMILES string of the molecule is CCCC1CCCCN1c1cc(CN)ccn1. The normalized spacial score (nSPS) is 20.6. The lowest BCUT2D eigenvalue weighted by Gasteiger charge is -2.36. The second-order valence-corrected chi connectivity index (χ2v) is 4.86. The largest absolute Gasteiger partial charge is 0.354 e. The van der Waals surface area contributed by atoms with Gasteiger partial charge in [-0.3, -0.25) is 0 Å². The molecule has 1 atom stereocenters. The van der Waals surface area contributed by atoms with Gasteiger partial charge >= 0.3 is 0 Å². The zero-order valence-corrected chi connectivity index (χ0v) is 10.7. The number of rotatable bonds is 4. The maximum atomic E-state index is 5.70. The molecule has 0 aliphatic carbocycles. The predicted molar refractivity (Wildman–Crippen MR) is 72.0 cm³/mol. The highest BCUT2D eigenvalue weighted by atomic mass is 15.2. The molecule has 1 aromatic heterocycles. The summed E-state index contributed by atoms with van der Waals surface area (Å²) in [4.78, 5) is 6.99. The van der Waals surface area contributed by atoms with Gasteiger partial charge in [-0.05, 0) is 43.4 Å². The lowest BCUT2D eigenvalue weighted by atomic mass is 9.98. The van der Waals surface area contributed by atoms with Gasteiger partial charge in [0.05, 0.1) is 0 Å². The molecule has 1 aromatic rings. The van der Waals surface area contributed by atoms with Crippen LogP contribution in [-0.4, -0.2) is 17.6 Å². The monoisotopic (exact) mass is 233 g/mol. The number of aromatic nitrogens is 1. The summed E-state index contributed by atoms with van der Waals surface area (Å²) in [7, 11) is 0. The molecule has 0 amide bonds. The molecule has 0 bridgehead atoms. The first kappa shape index (κ1) is 12.4. The number of hydrogen-bond acceptors (Lipinski definition) is 3. The van der Waals surface area contributed by atoms with Crippen molar-refractivity contribution < 1.29 is 0 Å². The van der Waals surface area contributed by atoms with Gasteiger partial charge in [-0.1, -0.05) is 13.3 Å². The van der Waals surface area contributed by atoms with Crippen molar-refractivity contribution in [1.29, 1.82) is 0 Å². The Labute approximate surface area is 104 Å². The molecule has 1 saturated heterocycles. The van der Waals surface area contributed by atoms with Crippen LogP contribution in [0.1, 0.15) is 44.6 Å². The Kier molecular flexibility index (Phi) is 4.37. The fourth-order valence-corrected chi connectivity index (χ4v) is 2.68. The second-order valence-electron chi connectivity index (χ2n) is 4.86. The highest BCUT2D eigenvalue weighted by Crippen LogP contribution is 2.26. The number of pyridine rings is 1. The molecule has 1 fully saturated rings. The summed E-state index contributed by atoms with van der Waals surface area (Å²) in [6.45, 7) is 4.00. The number of anilines is 1. The minimum Gasteiger partial charge on any atom is -0.354 e. The standard InChI is InChI=1S/C14H23N3/c1-2-5-13-6-3-4-9-17(13)14-10-12(11-15)7-8-16-14/h7-8,10,13H,2-6,9,11,15H2,1H3. The quantitative estimate of drug-likeness (QED) is 0.869. The van der Waals surface area contributed by atoms with Gasteiger partial charge in [-0.15, -0.1) is 0 Å². The molecule has 0 aromatic carbocycles. The molecule has 94 valence electrons. The summed E-state index contributed by atoms with van der Waals surface area (Å²) in [5, 5.41) is 0. The van der Waals surface area contributed by atoms with Crippen LogP contribution in [0, 0.1) is 0 Å². The van der Waals surface area contributed by atoms with Gasteiger partial charge in [0.1, 0.15) is 5.82 Å². The van der Waals surface area contributed by atoms with Crippen molar-refractivity contribution in [3.05, 3.63) is 23.9 Å². The minimum atomic E-state index is 0.599. The Morgan fingerprint density at radius 3 is 3.12 bits per heavy atom. The smallest absolute Gasteiger partial charge is 0.129 e. The summed E-state index contributed by atoms with van der Waals surface area (Å²) in [6, 6.07) is 4.82. The van der Waals surface area contributed by atoms with E-state index in [0.717, 1.165) is 12.4 Å². The van der Waals surface area contributed by atoms with Crippen LogP contribution >= 0.6 is 0 Å². The van der Waals surface area contributed by atoms with E-state index >= 15 is 0 Å². The van der Waals surface area contributed by atoms with Crippen molar-refractivity contribution in [2.75, 3.05) is 11.4 Å². The van der Waals surface area contributed by atoms with E-state index in [2.05, 4.69) is 22.9 Å². The van der Waals surface area contributed by atoms with E-state index in [1.54, 1.807) is 0 Å². The molecule has 0 saturated carbocycles. The Balaban J connectivity index is 2.16. The highest BCUT2D eigenvalue weighted by molar-refractivity contribution is 5.42. The Hall–Kier alpha value is -1.09. The Morgan fingerprint density at radius 2 is 2.35 bits per heavy atom. The van der Waals surface area contributed by atoms with E-state index in [-0.39, 0.29) is 0 Å². The zero-order chi connectivity index (χ0) is 12.1. The molecule has 0 spiro atoms. The number of nitrogens with zero attached hydrogens (tertiary/aromatic N) is 2. The van der Waals surface area contributed by atoms with Crippen molar-refractivity contribution in [3.63, 3.8) is 0 Å². The van der Waals surface area contributed by atoms with Crippen molar-refractivity contribution in [3.8, 4) is 0 Å². The molecular weight excluding hydrogens is 210 g/mol. The van der Waals surface area contributed by atoms with Crippen molar-refractivity contribution in [2.24, 2.45) is 5.73 Å². The van der Waals surface area contributed by atoms with Crippen molar-refractivity contribution in [1.82, 2.24) is 4.98 Å². The number of piperidine rings is 1. The molecule has 1 unspecified atom stereocenters. The summed E-state index contributed by atoms with van der Waals surface area (Å²) in [5.41, 5.74) is 6.87. The predicted octanol–water partition coefficient (Wildman–Crippen LogP) is 2.70. The highest BCUT2D eigenvalue weighted by Gasteiger charge is 2.22. The van der Waals surface area contributed by atoms with Crippen LogP contribution in [-0.2, 0) is 6.54 Å². The fraction of sp³-hybridized carbons (Fsp3) is 0.643. The van der Waals surface area contributed by atoms with Gasteiger partial charge < -0.3 is 10.6 Å². The molecule has 1 aliphatic heterocycles. The van der Waals surface area contributed by atoms with E-state index < -0.39 is 0 Å². The van der Waals surface area contributed by atoms with E-state index in [1.165, 1.54) is 37.7 Å². The summed E-state index contributed by atoms with van der Waals surface area (Å²) in [6.07, 6.45) is 8.36. The van der Waals surface area contributed by atoms with Crippen molar-refractivity contribution >= 4 is 5.82 Å². The van der Waals surface area contributed by atoms with Crippen LogP contribution in [0.4, 0.5) is 5.82 Å². The molecule has 2 N–H and O–H groups in total. The van der Waals surface area contributed by atoms with Crippen LogP contribution < -0.4 is 10.6 Å². The maximum absolute atomic E-state index is 5.70. The third-order valence-electron chi connectivity index (χ3n) is 3.59. The van der Waals surface area contributed by atoms with Crippen LogP contribution in [0.5, 0.6) is 0 Å². The molecule has 17 heavy (non-hydrogen) atoms. The average Bonchev–Trinajstić information content (AvgIpc) is 2.40. The Morgan fingerprint density at radius 1 is 1.47 bits per heavy atom. The summed E-state index contributed by atoms with van der Waals surface area (Å²) >= 11 is 0. The molecule has 2 rings (SSSR count). The van der Waals surface area contributed by atoms with E-state index in [4.69, 9.17) is 5.73 Å². The second kappa shape index (κ2) is 6.01. The molecule has 2 heterocycles. The summed E-state index contributed by atoms with van der Waals surface area (Å²) in [5.74, 6) is 1.12. The van der Waals surface area contributed by atoms with Crippen LogP contribution in [0.2, 0.25) is 0 Å². The van der Waals surface area contributed by atoms with Gasteiger partial charge in [-0.2, -0.15) is 0 Å². The molecule has 3 heteroatoms. The topological polar surface area (TPSA) is 42.1 Å². The van der Waals surface area contributed by atoms with Gasteiger partial charge in [0.25, 0.3) is 0 Å². The first-order chi connectivity index (χ1) is 8.35. The van der Waals surface area contributed by atoms with E-state index in [9.17, 15) is 0 Å². The van der Waals surface area contributed by atoms with E-state index in [0.29, 0.717) is 12.6 Å². The van der Waals surface area contributed by atoms with Gasteiger partial charge in [0.2, 0.25) is 0 Å². The summed E-state index contributed by atoms with van der Waals surface area (Å²) < 4.78 is 0. The van der Waals surface area contributed by atoms with Crippen LogP contribution in [0.15, 0.2) is 18.3 Å². The molecular formula is C14H23N3. The zero-order valence-electron chi connectivity index (χ0n) is 10.7. The average molecular weight is 233 g/mol. The third kappa shape index (κ3) is 2.97. The minimum absolute atomic E-state index is 0.599. The fourth-order valence-electron chi connectivity index (χ4n) is 2.68.